The van der Waals surface area contributed by atoms with Crippen LogP contribution in [0.3, 0.4) is 0 Å². The van der Waals surface area contributed by atoms with Crippen molar-refractivity contribution in [1.82, 2.24) is 9.97 Å². The lowest BCUT2D eigenvalue weighted by Gasteiger charge is -2.07. The van der Waals surface area contributed by atoms with Gasteiger partial charge in [-0.3, -0.25) is 5.43 Å². The summed E-state index contributed by atoms with van der Waals surface area (Å²) in [6.45, 7) is 4.96. The number of aryl methyl sites for hydroxylation is 1. The van der Waals surface area contributed by atoms with Crippen LogP contribution in [0.15, 0.2) is 6.20 Å². The van der Waals surface area contributed by atoms with Crippen molar-refractivity contribution in [3.8, 4) is 0 Å². The van der Waals surface area contributed by atoms with Crippen molar-refractivity contribution in [3.63, 3.8) is 0 Å². The molecule has 13 heavy (non-hydrogen) atoms. The molecule has 1 heterocycles. The van der Waals surface area contributed by atoms with Crippen LogP contribution in [0.1, 0.15) is 18.9 Å². The smallest absolute Gasteiger partial charge is 0.239 e. The standard InChI is InChI=1S/C8H15N5/c1-3-4-10-7-6(2)5-11-8(12-7)13-9/h5H,3-4,9H2,1-2H3,(H2,10,11,12,13). The molecule has 72 valence electrons. The minimum Gasteiger partial charge on any atom is -0.370 e. The summed E-state index contributed by atoms with van der Waals surface area (Å²) in [5.41, 5.74) is 3.43. The maximum absolute atomic E-state index is 5.19. The lowest BCUT2D eigenvalue weighted by molar-refractivity contribution is 0.958. The minimum absolute atomic E-state index is 0.434. The number of nitrogens with zero attached hydrogens (tertiary/aromatic N) is 2. The van der Waals surface area contributed by atoms with Crippen molar-refractivity contribution in [2.45, 2.75) is 20.3 Å². The van der Waals surface area contributed by atoms with Crippen LogP contribution < -0.4 is 16.6 Å². The second-order valence-electron chi connectivity index (χ2n) is 2.80. The highest BCUT2D eigenvalue weighted by molar-refractivity contribution is 5.45. The van der Waals surface area contributed by atoms with Crippen molar-refractivity contribution in [3.05, 3.63) is 11.8 Å². The molecular formula is C8H15N5. The Hall–Kier alpha value is -1.36. The van der Waals surface area contributed by atoms with E-state index in [4.69, 9.17) is 5.84 Å². The summed E-state index contributed by atoms with van der Waals surface area (Å²) < 4.78 is 0. The van der Waals surface area contributed by atoms with Crippen molar-refractivity contribution in [2.75, 3.05) is 17.3 Å². The second kappa shape index (κ2) is 4.61. The third-order valence-corrected chi connectivity index (χ3v) is 1.64. The Kier molecular flexibility index (Phi) is 3.45. The number of hydrogen-bond donors (Lipinski definition) is 3. The quantitative estimate of drug-likeness (QED) is 0.475. The maximum Gasteiger partial charge on any atom is 0.239 e. The summed E-state index contributed by atoms with van der Waals surface area (Å²) in [6, 6.07) is 0. The number of rotatable bonds is 4. The Morgan fingerprint density at radius 1 is 1.54 bits per heavy atom. The Morgan fingerprint density at radius 2 is 2.31 bits per heavy atom. The second-order valence-corrected chi connectivity index (χ2v) is 2.80. The van der Waals surface area contributed by atoms with Gasteiger partial charge in [-0.2, -0.15) is 4.98 Å². The van der Waals surface area contributed by atoms with Gasteiger partial charge in [0.2, 0.25) is 5.95 Å². The molecule has 0 aromatic carbocycles. The van der Waals surface area contributed by atoms with Crippen LogP contribution >= 0.6 is 0 Å². The number of nitrogen functional groups attached to an aromatic ring is 1. The Morgan fingerprint density at radius 3 is 2.92 bits per heavy atom. The van der Waals surface area contributed by atoms with Crippen molar-refractivity contribution < 1.29 is 0 Å². The summed E-state index contributed by atoms with van der Waals surface area (Å²) in [5.74, 6) is 6.47. The third kappa shape index (κ3) is 2.55. The Bertz CT molecular complexity index is 273. The van der Waals surface area contributed by atoms with Crippen LogP contribution in [0.5, 0.6) is 0 Å². The molecule has 0 aliphatic rings. The van der Waals surface area contributed by atoms with E-state index >= 15 is 0 Å². The van der Waals surface area contributed by atoms with Gasteiger partial charge in [0.15, 0.2) is 0 Å². The number of anilines is 2. The van der Waals surface area contributed by atoms with Crippen LogP contribution in [0.4, 0.5) is 11.8 Å². The summed E-state index contributed by atoms with van der Waals surface area (Å²) in [7, 11) is 0. The fraction of sp³-hybridized carbons (Fsp3) is 0.500. The fourth-order valence-electron chi connectivity index (χ4n) is 0.934. The average molecular weight is 181 g/mol. The number of nitrogens with two attached hydrogens (primary N) is 1. The Labute approximate surface area is 77.7 Å². The number of aromatic nitrogens is 2. The van der Waals surface area contributed by atoms with Gasteiger partial charge in [0.25, 0.3) is 0 Å². The van der Waals surface area contributed by atoms with E-state index < -0.39 is 0 Å². The minimum atomic E-state index is 0.434. The van der Waals surface area contributed by atoms with E-state index in [2.05, 4.69) is 27.6 Å². The zero-order valence-corrected chi connectivity index (χ0v) is 7.96. The molecule has 5 heteroatoms. The molecule has 1 rings (SSSR count). The maximum atomic E-state index is 5.19. The predicted molar refractivity (Wildman–Crippen MR) is 53.4 cm³/mol. The normalized spacial score (nSPS) is 9.77. The summed E-state index contributed by atoms with van der Waals surface area (Å²) in [4.78, 5) is 8.15. The summed E-state index contributed by atoms with van der Waals surface area (Å²) in [6.07, 6.45) is 2.80. The Balaban J connectivity index is 2.78. The van der Waals surface area contributed by atoms with Crippen molar-refractivity contribution >= 4 is 11.8 Å². The summed E-state index contributed by atoms with van der Waals surface area (Å²) in [5, 5.41) is 3.19. The topological polar surface area (TPSA) is 75.9 Å². The van der Waals surface area contributed by atoms with E-state index in [9.17, 15) is 0 Å². The van der Waals surface area contributed by atoms with Gasteiger partial charge in [-0.15, -0.1) is 0 Å². The van der Waals surface area contributed by atoms with Gasteiger partial charge in [0, 0.05) is 18.3 Å². The van der Waals surface area contributed by atoms with E-state index in [0.29, 0.717) is 5.95 Å². The first kappa shape index (κ1) is 9.73. The lowest BCUT2D eigenvalue weighted by atomic mass is 10.3. The van der Waals surface area contributed by atoms with E-state index in [1.807, 2.05) is 6.92 Å². The van der Waals surface area contributed by atoms with Gasteiger partial charge in [0.1, 0.15) is 5.82 Å². The van der Waals surface area contributed by atoms with Crippen LogP contribution in [0.2, 0.25) is 0 Å². The molecule has 5 nitrogen and oxygen atoms in total. The molecule has 1 aromatic heterocycles. The van der Waals surface area contributed by atoms with Gasteiger partial charge in [-0.05, 0) is 13.3 Å². The van der Waals surface area contributed by atoms with Gasteiger partial charge < -0.3 is 5.32 Å². The number of nitrogens with one attached hydrogen (secondary N) is 2. The average Bonchev–Trinajstić information content (AvgIpc) is 2.17. The zero-order valence-electron chi connectivity index (χ0n) is 7.96. The molecule has 0 unspecified atom stereocenters. The molecular weight excluding hydrogens is 166 g/mol. The van der Waals surface area contributed by atoms with E-state index in [0.717, 1.165) is 24.3 Å². The molecule has 4 N–H and O–H groups in total. The fourth-order valence-corrected chi connectivity index (χ4v) is 0.934. The largest absolute Gasteiger partial charge is 0.370 e. The predicted octanol–water partition coefficient (Wildman–Crippen LogP) is 0.893. The van der Waals surface area contributed by atoms with Crippen molar-refractivity contribution in [1.29, 1.82) is 0 Å². The number of hydrogen-bond acceptors (Lipinski definition) is 5. The van der Waals surface area contributed by atoms with Gasteiger partial charge >= 0.3 is 0 Å². The first-order chi connectivity index (χ1) is 6.27. The van der Waals surface area contributed by atoms with Crippen LogP contribution in [-0.2, 0) is 0 Å². The van der Waals surface area contributed by atoms with Crippen LogP contribution in [0, 0.1) is 6.92 Å². The monoisotopic (exact) mass is 181 g/mol. The first-order valence-corrected chi connectivity index (χ1v) is 4.32. The van der Waals surface area contributed by atoms with Gasteiger partial charge in [0.05, 0.1) is 0 Å². The van der Waals surface area contributed by atoms with E-state index in [1.165, 1.54) is 0 Å². The third-order valence-electron chi connectivity index (χ3n) is 1.64. The van der Waals surface area contributed by atoms with Crippen LogP contribution in [0.25, 0.3) is 0 Å². The number of hydrazine groups is 1. The van der Waals surface area contributed by atoms with E-state index in [1.54, 1.807) is 6.20 Å². The molecule has 0 saturated carbocycles. The SMILES string of the molecule is CCCNc1nc(NN)ncc1C. The van der Waals surface area contributed by atoms with Crippen LogP contribution in [-0.4, -0.2) is 16.5 Å². The molecule has 0 atom stereocenters. The summed E-state index contributed by atoms with van der Waals surface area (Å²) >= 11 is 0. The zero-order chi connectivity index (χ0) is 9.68. The molecule has 0 bridgehead atoms. The van der Waals surface area contributed by atoms with E-state index in [-0.39, 0.29) is 0 Å². The van der Waals surface area contributed by atoms with Gasteiger partial charge in [-0.1, -0.05) is 6.92 Å². The first-order valence-electron chi connectivity index (χ1n) is 4.32. The van der Waals surface area contributed by atoms with Gasteiger partial charge in [-0.25, -0.2) is 10.8 Å². The molecule has 0 radical (unpaired) electrons. The molecule has 0 aliphatic heterocycles. The highest BCUT2D eigenvalue weighted by Gasteiger charge is 2.00. The van der Waals surface area contributed by atoms with Crippen molar-refractivity contribution in [2.24, 2.45) is 5.84 Å². The highest BCUT2D eigenvalue weighted by atomic mass is 15.3. The molecule has 0 spiro atoms. The molecule has 0 fully saturated rings. The molecule has 1 aromatic rings. The molecule has 0 amide bonds. The lowest BCUT2D eigenvalue weighted by Crippen LogP contribution is -2.12. The molecule has 0 aliphatic carbocycles. The molecule has 0 saturated heterocycles. The highest BCUT2D eigenvalue weighted by Crippen LogP contribution is 2.11.